The first kappa shape index (κ1) is 15.1. The first-order valence-corrected chi connectivity index (χ1v) is 8.52. The lowest BCUT2D eigenvalue weighted by atomic mass is 10.2. The molecule has 1 heterocycles. The Hall–Kier alpha value is -1.85. The molecular formula is C16H10IN3OS. The molecule has 0 atom stereocenters. The second-order valence-corrected chi connectivity index (χ2v) is 6.65. The highest BCUT2D eigenvalue weighted by Gasteiger charge is 2.09. The molecule has 6 heteroatoms. The van der Waals surface area contributed by atoms with Gasteiger partial charge in [0.2, 0.25) is 5.89 Å². The Kier molecular flexibility index (Phi) is 4.75. The Labute approximate surface area is 145 Å². The van der Waals surface area contributed by atoms with Crippen molar-refractivity contribution in [1.82, 2.24) is 10.2 Å². The Bertz CT molecular complexity index is 824. The van der Waals surface area contributed by atoms with Gasteiger partial charge in [-0.05, 0) is 64.6 Å². The fourth-order valence-corrected chi connectivity index (χ4v) is 2.92. The molecule has 3 aromatic rings. The normalized spacial score (nSPS) is 10.4. The van der Waals surface area contributed by atoms with Gasteiger partial charge >= 0.3 is 0 Å². The number of benzene rings is 2. The minimum atomic E-state index is 0.518. The molecule has 0 saturated heterocycles. The molecule has 0 fully saturated rings. The van der Waals surface area contributed by atoms with Crippen molar-refractivity contribution in [3.63, 3.8) is 0 Å². The van der Waals surface area contributed by atoms with E-state index in [1.165, 1.54) is 11.8 Å². The van der Waals surface area contributed by atoms with Gasteiger partial charge in [-0.3, -0.25) is 0 Å². The van der Waals surface area contributed by atoms with Crippen molar-refractivity contribution in [1.29, 1.82) is 5.26 Å². The third-order valence-electron chi connectivity index (χ3n) is 2.92. The van der Waals surface area contributed by atoms with Gasteiger partial charge in [0.05, 0.1) is 11.6 Å². The Balaban J connectivity index is 1.69. The molecule has 2 aromatic carbocycles. The van der Waals surface area contributed by atoms with Crippen LogP contribution in [-0.2, 0) is 5.75 Å². The predicted molar refractivity (Wildman–Crippen MR) is 93.2 cm³/mol. The Morgan fingerprint density at radius 2 is 1.95 bits per heavy atom. The van der Waals surface area contributed by atoms with Crippen molar-refractivity contribution in [2.24, 2.45) is 0 Å². The van der Waals surface area contributed by atoms with Crippen molar-refractivity contribution in [2.45, 2.75) is 11.0 Å². The summed E-state index contributed by atoms with van der Waals surface area (Å²) in [6, 6.07) is 17.6. The number of rotatable bonds is 4. The van der Waals surface area contributed by atoms with E-state index in [-0.39, 0.29) is 0 Å². The molecule has 0 aliphatic carbocycles. The van der Waals surface area contributed by atoms with E-state index in [9.17, 15) is 0 Å². The van der Waals surface area contributed by atoms with Crippen molar-refractivity contribution in [2.75, 3.05) is 0 Å². The zero-order valence-electron chi connectivity index (χ0n) is 11.4. The van der Waals surface area contributed by atoms with Crippen LogP contribution in [0.2, 0.25) is 0 Å². The molecule has 0 spiro atoms. The monoisotopic (exact) mass is 419 g/mol. The summed E-state index contributed by atoms with van der Waals surface area (Å²) in [5, 5.41) is 17.5. The van der Waals surface area contributed by atoms with Crippen LogP contribution in [0.3, 0.4) is 0 Å². The van der Waals surface area contributed by atoms with Gasteiger partial charge in [-0.25, -0.2) is 0 Å². The van der Waals surface area contributed by atoms with E-state index in [1.807, 2.05) is 42.5 Å². The Morgan fingerprint density at radius 1 is 1.14 bits per heavy atom. The van der Waals surface area contributed by atoms with E-state index in [1.54, 1.807) is 6.07 Å². The zero-order chi connectivity index (χ0) is 15.4. The second-order valence-electron chi connectivity index (χ2n) is 4.48. The lowest BCUT2D eigenvalue weighted by Crippen LogP contribution is -1.82. The van der Waals surface area contributed by atoms with Crippen LogP contribution in [0.1, 0.15) is 11.1 Å². The molecule has 0 saturated carbocycles. The number of halogens is 1. The minimum absolute atomic E-state index is 0.518. The molecule has 4 nitrogen and oxygen atoms in total. The third kappa shape index (κ3) is 3.67. The number of hydrogen-bond donors (Lipinski definition) is 0. The van der Waals surface area contributed by atoms with Crippen LogP contribution in [-0.4, -0.2) is 10.2 Å². The summed E-state index contributed by atoms with van der Waals surface area (Å²) in [4.78, 5) is 0. The molecule has 108 valence electrons. The number of nitriles is 1. The topological polar surface area (TPSA) is 62.7 Å². The maximum Gasteiger partial charge on any atom is 0.277 e. The van der Waals surface area contributed by atoms with Gasteiger partial charge in [-0.15, -0.1) is 10.2 Å². The highest BCUT2D eigenvalue weighted by Crippen LogP contribution is 2.26. The van der Waals surface area contributed by atoms with Gasteiger partial charge in [0.1, 0.15) is 0 Å². The van der Waals surface area contributed by atoms with Gasteiger partial charge in [-0.2, -0.15) is 5.26 Å². The lowest BCUT2D eigenvalue weighted by Gasteiger charge is -1.98. The van der Waals surface area contributed by atoms with Gasteiger partial charge in [-0.1, -0.05) is 23.9 Å². The van der Waals surface area contributed by atoms with Crippen LogP contribution in [0.4, 0.5) is 0 Å². The van der Waals surface area contributed by atoms with E-state index >= 15 is 0 Å². The summed E-state index contributed by atoms with van der Waals surface area (Å²) >= 11 is 3.71. The molecule has 22 heavy (non-hydrogen) atoms. The second kappa shape index (κ2) is 6.94. The highest BCUT2D eigenvalue weighted by molar-refractivity contribution is 14.1. The molecule has 0 unspecified atom stereocenters. The molecule has 0 radical (unpaired) electrons. The quantitative estimate of drug-likeness (QED) is 0.460. The number of thioether (sulfide) groups is 1. The van der Waals surface area contributed by atoms with Gasteiger partial charge in [0, 0.05) is 14.9 Å². The zero-order valence-corrected chi connectivity index (χ0v) is 14.3. The molecule has 1 aromatic heterocycles. The number of hydrogen-bond acceptors (Lipinski definition) is 5. The molecule has 0 bridgehead atoms. The van der Waals surface area contributed by atoms with Gasteiger partial charge in [0.15, 0.2) is 0 Å². The SMILES string of the molecule is N#Cc1cccc(CSc2nnc(-c3ccc(I)cc3)o2)c1. The lowest BCUT2D eigenvalue weighted by molar-refractivity contribution is 0.466. The van der Waals surface area contributed by atoms with Crippen molar-refractivity contribution in [3.8, 4) is 17.5 Å². The predicted octanol–water partition coefficient (Wildman–Crippen LogP) is 4.51. The number of nitrogens with zero attached hydrogens (tertiary/aromatic N) is 3. The average Bonchev–Trinajstić information content (AvgIpc) is 3.03. The first-order chi connectivity index (χ1) is 10.7. The largest absolute Gasteiger partial charge is 0.411 e. The van der Waals surface area contributed by atoms with Crippen LogP contribution in [0.15, 0.2) is 58.2 Å². The van der Waals surface area contributed by atoms with Crippen LogP contribution in [0.25, 0.3) is 11.5 Å². The summed E-state index contributed by atoms with van der Waals surface area (Å²) in [6.45, 7) is 0. The average molecular weight is 419 g/mol. The van der Waals surface area contributed by atoms with Crippen LogP contribution in [0.5, 0.6) is 0 Å². The molecular weight excluding hydrogens is 409 g/mol. The molecule has 0 amide bonds. The summed E-state index contributed by atoms with van der Waals surface area (Å²) in [5.41, 5.74) is 2.62. The van der Waals surface area contributed by atoms with Crippen LogP contribution >= 0.6 is 34.4 Å². The fourth-order valence-electron chi connectivity index (χ4n) is 1.85. The maximum absolute atomic E-state index is 8.90. The van der Waals surface area contributed by atoms with E-state index in [2.05, 4.69) is 38.9 Å². The fraction of sp³-hybridized carbons (Fsp3) is 0.0625. The van der Waals surface area contributed by atoms with E-state index in [0.717, 1.165) is 14.7 Å². The highest BCUT2D eigenvalue weighted by atomic mass is 127. The summed E-state index contributed by atoms with van der Waals surface area (Å²) in [5.74, 6) is 1.20. The molecule has 0 aliphatic heterocycles. The van der Waals surface area contributed by atoms with E-state index < -0.39 is 0 Å². The summed E-state index contributed by atoms with van der Waals surface area (Å²) in [7, 11) is 0. The van der Waals surface area contributed by atoms with Crippen molar-refractivity contribution >= 4 is 34.4 Å². The molecule has 0 aliphatic rings. The first-order valence-electron chi connectivity index (χ1n) is 6.46. The van der Waals surface area contributed by atoms with Crippen LogP contribution < -0.4 is 0 Å². The molecule has 3 rings (SSSR count). The van der Waals surface area contributed by atoms with E-state index in [4.69, 9.17) is 9.68 Å². The summed E-state index contributed by atoms with van der Waals surface area (Å²) < 4.78 is 6.82. The van der Waals surface area contributed by atoms with Crippen LogP contribution in [0, 0.1) is 14.9 Å². The maximum atomic E-state index is 8.90. The van der Waals surface area contributed by atoms with E-state index in [0.29, 0.717) is 22.4 Å². The minimum Gasteiger partial charge on any atom is -0.411 e. The van der Waals surface area contributed by atoms with Gasteiger partial charge < -0.3 is 4.42 Å². The van der Waals surface area contributed by atoms with Crippen molar-refractivity contribution < 1.29 is 4.42 Å². The Morgan fingerprint density at radius 3 is 2.73 bits per heavy atom. The third-order valence-corrected chi connectivity index (χ3v) is 4.52. The standard InChI is InChI=1S/C16H10IN3OS/c17-14-6-4-13(5-7-14)15-19-20-16(21-15)22-10-12-3-1-2-11(8-12)9-18/h1-8H,10H2. The number of aromatic nitrogens is 2. The van der Waals surface area contributed by atoms with Crippen molar-refractivity contribution in [3.05, 3.63) is 63.2 Å². The smallest absolute Gasteiger partial charge is 0.277 e. The molecule has 0 N–H and O–H groups in total. The van der Waals surface area contributed by atoms with Gasteiger partial charge in [0.25, 0.3) is 5.22 Å². The summed E-state index contributed by atoms with van der Waals surface area (Å²) in [6.07, 6.45) is 0.